The molecule has 1 aromatic rings. The SMILES string of the molecule is CCCNC(C)c1cccnc1SC(C)CC. The maximum atomic E-state index is 4.52. The van der Waals surface area contributed by atoms with Gasteiger partial charge in [0.2, 0.25) is 0 Å². The highest BCUT2D eigenvalue weighted by Gasteiger charge is 2.13. The van der Waals surface area contributed by atoms with Gasteiger partial charge in [-0.1, -0.05) is 26.8 Å². The fourth-order valence-electron chi connectivity index (χ4n) is 1.58. The van der Waals surface area contributed by atoms with E-state index >= 15 is 0 Å². The van der Waals surface area contributed by atoms with E-state index in [1.165, 1.54) is 23.4 Å². The van der Waals surface area contributed by atoms with Gasteiger partial charge in [-0.3, -0.25) is 0 Å². The van der Waals surface area contributed by atoms with Gasteiger partial charge in [-0.25, -0.2) is 4.98 Å². The zero-order chi connectivity index (χ0) is 12.7. The van der Waals surface area contributed by atoms with Crippen molar-refractivity contribution in [3.63, 3.8) is 0 Å². The Morgan fingerprint density at radius 2 is 2.12 bits per heavy atom. The van der Waals surface area contributed by atoms with E-state index in [1.807, 2.05) is 24.0 Å². The lowest BCUT2D eigenvalue weighted by molar-refractivity contribution is 0.560. The van der Waals surface area contributed by atoms with Crippen molar-refractivity contribution in [2.24, 2.45) is 0 Å². The second kappa shape index (κ2) is 7.72. The van der Waals surface area contributed by atoms with Crippen LogP contribution in [-0.4, -0.2) is 16.8 Å². The van der Waals surface area contributed by atoms with Crippen molar-refractivity contribution in [2.75, 3.05) is 6.54 Å². The van der Waals surface area contributed by atoms with Crippen LogP contribution in [0, 0.1) is 0 Å². The number of nitrogens with one attached hydrogen (secondary N) is 1. The highest BCUT2D eigenvalue weighted by molar-refractivity contribution is 7.99. The third-order valence-corrected chi connectivity index (χ3v) is 4.16. The number of hydrogen-bond donors (Lipinski definition) is 1. The maximum Gasteiger partial charge on any atom is 0.101 e. The highest BCUT2D eigenvalue weighted by Crippen LogP contribution is 2.29. The van der Waals surface area contributed by atoms with Crippen molar-refractivity contribution < 1.29 is 0 Å². The number of nitrogens with zero attached hydrogens (tertiary/aromatic N) is 1. The molecule has 0 aliphatic carbocycles. The predicted molar refractivity (Wildman–Crippen MR) is 76.6 cm³/mol. The van der Waals surface area contributed by atoms with Crippen molar-refractivity contribution >= 4 is 11.8 Å². The minimum Gasteiger partial charge on any atom is -0.310 e. The third-order valence-electron chi connectivity index (χ3n) is 2.86. The Hall–Kier alpha value is -0.540. The van der Waals surface area contributed by atoms with Crippen LogP contribution >= 0.6 is 11.8 Å². The number of pyridine rings is 1. The Balaban J connectivity index is 2.76. The molecule has 96 valence electrons. The maximum absolute atomic E-state index is 4.52. The van der Waals surface area contributed by atoms with Crippen LogP contribution in [0.1, 0.15) is 52.1 Å². The normalized spacial score (nSPS) is 14.6. The van der Waals surface area contributed by atoms with Gasteiger partial charge in [0.15, 0.2) is 0 Å². The largest absolute Gasteiger partial charge is 0.310 e. The van der Waals surface area contributed by atoms with Gasteiger partial charge in [0.25, 0.3) is 0 Å². The van der Waals surface area contributed by atoms with Crippen LogP contribution < -0.4 is 5.32 Å². The van der Waals surface area contributed by atoms with E-state index in [4.69, 9.17) is 0 Å². The first-order valence-electron chi connectivity index (χ1n) is 6.54. The lowest BCUT2D eigenvalue weighted by Gasteiger charge is -2.18. The van der Waals surface area contributed by atoms with Gasteiger partial charge in [0.05, 0.1) is 0 Å². The number of rotatable bonds is 7. The summed E-state index contributed by atoms with van der Waals surface area (Å²) in [4.78, 5) is 4.52. The van der Waals surface area contributed by atoms with Crippen molar-refractivity contribution in [3.8, 4) is 0 Å². The molecule has 0 radical (unpaired) electrons. The molecule has 2 unspecified atom stereocenters. The van der Waals surface area contributed by atoms with Crippen LogP contribution in [-0.2, 0) is 0 Å². The first kappa shape index (κ1) is 14.5. The summed E-state index contributed by atoms with van der Waals surface area (Å²) in [6.45, 7) is 9.95. The summed E-state index contributed by atoms with van der Waals surface area (Å²) in [6.07, 6.45) is 4.23. The zero-order valence-corrected chi connectivity index (χ0v) is 12.2. The Morgan fingerprint density at radius 3 is 2.76 bits per heavy atom. The van der Waals surface area contributed by atoms with Crippen molar-refractivity contribution in [3.05, 3.63) is 23.9 Å². The summed E-state index contributed by atoms with van der Waals surface area (Å²) in [5.74, 6) is 0. The van der Waals surface area contributed by atoms with E-state index in [2.05, 4.69) is 44.1 Å². The van der Waals surface area contributed by atoms with Crippen molar-refractivity contribution in [1.29, 1.82) is 0 Å². The fraction of sp³-hybridized carbons (Fsp3) is 0.643. The fourth-order valence-corrected chi connectivity index (χ4v) is 2.63. The van der Waals surface area contributed by atoms with Gasteiger partial charge >= 0.3 is 0 Å². The van der Waals surface area contributed by atoms with Crippen LogP contribution in [0.5, 0.6) is 0 Å². The Morgan fingerprint density at radius 1 is 1.35 bits per heavy atom. The topological polar surface area (TPSA) is 24.9 Å². The van der Waals surface area contributed by atoms with Crippen LogP contribution in [0.15, 0.2) is 23.4 Å². The lowest BCUT2D eigenvalue weighted by atomic mass is 10.1. The molecule has 0 spiro atoms. The lowest BCUT2D eigenvalue weighted by Crippen LogP contribution is -2.20. The molecule has 0 saturated heterocycles. The second-order valence-corrected chi connectivity index (χ2v) is 5.84. The van der Waals surface area contributed by atoms with Gasteiger partial charge in [-0.2, -0.15) is 0 Å². The quantitative estimate of drug-likeness (QED) is 0.742. The van der Waals surface area contributed by atoms with Crippen LogP contribution in [0.2, 0.25) is 0 Å². The summed E-state index contributed by atoms with van der Waals surface area (Å²) in [5.41, 5.74) is 1.33. The van der Waals surface area contributed by atoms with Crippen LogP contribution in [0.3, 0.4) is 0 Å². The van der Waals surface area contributed by atoms with E-state index in [-0.39, 0.29) is 0 Å². The predicted octanol–water partition coefficient (Wildman–Crippen LogP) is 4.03. The number of hydrogen-bond acceptors (Lipinski definition) is 3. The summed E-state index contributed by atoms with van der Waals surface area (Å²) in [6, 6.07) is 4.60. The molecular weight excluding hydrogens is 228 g/mol. The minimum atomic E-state index is 0.384. The molecular formula is C14H24N2S. The van der Waals surface area contributed by atoms with Crippen LogP contribution in [0.25, 0.3) is 0 Å². The minimum absolute atomic E-state index is 0.384. The average molecular weight is 252 g/mol. The zero-order valence-electron chi connectivity index (χ0n) is 11.4. The monoisotopic (exact) mass is 252 g/mol. The molecule has 17 heavy (non-hydrogen) atoms. The molecule has 0 aromatic carbocycles. The summed E-state index contributed by atoms with van der Waals surface area (Å²) in [5, 5.41) is 5.33. The van der Waals surface area contributed by atoms with Crippen LogP contribution in [0.4, 0.5) is 0 Å². The summed E-state index contributed by atoms with van der Waals surface area (Å²) >= 11 is 1.88. The van der Waals surface area contributed by atoms with Gasteiger partial charge in [-0.15, -0.1) is 11.8 Å². The third kappa shape index (κ3) is 4.68. The van der Waals surface area contributed by atoms with E-state index in [0.29, 0.717) is 11.3 Å². The molecule has 1 rings (SSSR count). The molecule has 0 saturated carbocycles. The summed E-state index contributed by atoms with van der Waals surface area (Å²) < 4.78 is 0. The highest BCUT2D eigenvalue weighted by atomic mass is 32.2. The van der Waals surface area contributed by atoms with Crippen molar-refractivity contribution in [2.45, 2.75) is 56.9 Å². The Labute approximate surface area is 110 Å². The van der Waals surface area contributed by atoms with E-state index in [9.17, 15) is 0 Å². The van der Waals surface area contributed by atoms with E-state index in [1.54, 1.807) is 0 Å². The molecule has 1 aromatic heterocycles. The first-order chi connectivity index (χ1) is 8.19. The molecule has 2 atom stereocenters. The van der Waals surface area contributed by atoms with Gasteiger partial charge < -0.3 is 5.32 Å². The average Bonchev–Trinajstić information content (AvgIpc) is 2.36. The molecule has 2 nitrogen and oxygen atoms in total. The molecule has 0 aliphatic rings. The van der Waals surface area contributed by atoms with Crippen molar-refractivity contribution in [1.82, 2.24) is 10.3 Å². The number of thioether (sulfide) groups is 1. The van der Waals surface area contributed by atoms with E-state index in [0.717, 1.165) is 6.54 Å². The molecule has 0 amide bonds. The van der Waals surface area contributed by atoms with Gasteiger partial charge in [-0.05, 0) is 32.4 Å². The Bertz CT molecular complexity index is 328. The van der Waals surface area contributed by atoms with Gasteiger partial charge in [0, 0.05) is 23.1 Å². The van der Waals surface area contributed by atoms with Gasteiger partial charge in [0.1, 0.15) is 5.03 Å². The number of aromatic nitrogens is 1. The standard InChI is InChI=1S/C14H24N2S/c1-5-9-15-12(4)13-8-7-10-16-14(13)17-11(3)6-2/h7-8,10-12,15H,5-6,9H2,1-4H3. The molecule has 1 heterocycles. The van der Waals surface area contributed by atoms with E-state index < -0.39 is 0 Å². The second-order valence-electron chi connectivity index (χ2n) is 4.41. The first-order valence-corrected chi connectivity index (χ1v) is 7.41. The summed E-state index contributed by atoms with van der Waals surface area (Å²) in [7, 11) is 0. The molecule has 0 aliphatic heterocycles. The molecule has 0 fully saturated rings. The molecule has 0 bridgehead atoms. The smallest absolute Gasteiger partial charge is 0.101 e. The molecule has 3 heteroatoms. The molecule has 1 N–H and O–H groups in total. The Kier molecular flexibility index (Phi) is 6.60.